The van der Waals surface area contributed by atoms with Crippen molar-refractivity contribution in [1.29, 1.82) is 0 Å². The first kappa shape index (κ1) is 7.52. The quantitative estimate of drug-likeness (QED) is 0.542. The van der Waals surface area contributed by atoms with Gasteiger partial charge >= 0.3 is 0 Å². The Morgan fingerprint density at radius 2 is 2.30 bits per heavy atom. The van der Waals surface area contributed by atoms with Gasteiger partial charge < -0.3 is 0 Å². The van der Waals surface area contributed by atoms with E-state index in [9.17, 15) is 4.79 Å². The van der Waals surface area contributed by atoms with E-state index in [0.717, 1.165) is 12.8 Å². The van der Waals surface area contributed by atoms with Crippen LogP contribution in [0.1, 0.15) is 26.7 Å². The Balaban J connectivity index is 2.53. The molecule has 10 heavy (non-hydrogen) atoms. The molecule has 56 valence electrons. The van der Waals surface area contributed by atoms with Crippen LogP contribution in [0.3, 0.4) is 0 Å². The first-order chi connectivity index (χ1) is 4.70. The van der Waals surface area contributed by atoms with Gasteiger partial charge in [-0.25, -0.2) is 0 Å². The molecule has 1 rings (SSSR count). The summed E-state index contributed by atoms with van der Waals surface area (Å²) in [4.78, 5) is 10.7. The Morgan fingerprint density at radius 3 is 2.70 bits per heavy atom. The molecule has 0 amide bonds. The molecule has 1 aliphatic rings. The van der Waals surface area contributed by atoms with Gasteiger partial charge in [0.05, 0.1) is 0 Å². The van der Waals surface area contributed by atoms with Crippen LogP contribution in [0.4, 0.5) is 0 Å². The highest BCUT2D eigenvalue weighted by Gasteiger charge is 2.15. The summed E-state index contributed by atoms with van der Waals surface area (Å²) < 4.78 is 0. The molecule has 1 atom stereocenters. The van der Waals surface area contributed by atoms with Gasteiger partial charge in [0.1, 0.15) is 0 Å². The second-order valence-electron chi connectivity index (χ2n) is 3.27. The monoisotopic (exact) mass is 138 g/mol. The van der Waals surface area contributed by atoms with Crippen LogP contribution in [0.2, 0.25) is 0 Å². The number of allylic oxidation sites excluding steroid dienone is 2. The van der Waals surface area contributed by atoms with Crippen LogP contribution < -0.4 is 0 Å². The lowest BCUT2D eigenvalue weighted by atomic mass is 9.86. The maximum absolute atomic E-state index is 10.7. The SMILES string of the molecule is CC(C)[C@H]1C=CC(=O)CC1. The standard InChI is InChI=1S/C9H14O/c1-7(2)8-3-5-9(10)6-4-8/h3,5,7-8H,4,6H2,1-2H3/t8-/m0/s1. The summed E-state index contributed by atoms with van der Waals surface area (Å²) in [7, 11) is 0. The molecule has 0 unspecified atom stereocenters. The van der Waals surface area contributed by atoms with Crippen molar-refractivity contribution in [3.8, 4) is 0 Å². The van der Waals surface area contributed by atoms with Crippen molar-refractivity contribution >= 4 is 5.78 Å². The molecule has 0 aliphatic heterocycles. The van der Waals surface area contributed by atoms with Crippen LogP contribution in [0, 0.1) is 11.8 Å². The molecule has 0 aromatic heterocycles. The maximum atomic E-state index is 10.7. The third-order valence-electron chi connectivity index (χ3n) is 2.11. The molecular formula is C9H14O. The minimum absolute atomic E-state index is 0.289. The van der Waals surface area contributed by atoms with Crippen LogP contribution in [0.15, 0.2) is 12.2 Å². The molecule has 0 fully saturated rings. The van der Waals surface area contributed by atoms with Gasteiger partial charge in [-0.15, -0.1) is 0 Å². The smallest absolute Gasteiger partial charge is 0.155 e. The van der Waals surface area contributed by atoms with Crippen molar-refractivity contribution in [3.63, 3.8) is 0 Å². The van der Waals surface area contributed by atoms with Gasteiger partial charge in [0, 0.05) is 6.42 Å². The van der Waals surface area contributed by atoms with E-state index in [2.05, 4.69) is 19.9 Å². The highest BCUT2D eigenvalue weighted by atomic mass is 16.1. The summed E-state index contributed by atoms with van der Waals surface area (Å²) in [5.74, 6) is 1.61. The molecule has 1 nitrogen and oxygen atoms in total. The maximum Gasteiger partial charge on any atom is 0.155 e. The number of carbonyl (C=O) groups is 1. The minimum Gasteiger partial charge on any atom is -0.295 e. The molecule has 0 radical (unpaired) electrons. The first-order valence-corrected chi connectivity index (χ1v) is 3.91. The zero-order valence-corrected chi connectivity index (χ0v) is 6.63. The normalized spacial score (nSPS) is 25.9. The van der Waals surface area contributed by atoms with Gasteiger partial charge in [0.2, 0.25) is 0 Å². The van der Waals surface area contributed by atoms with Crippen LogP contribution in [-0.2, 0) is 4.79 Å². The van der Waals surface area contributed by atoms with Gasteiger partial charge in [-0.1, -0.05) is 19.9 Å². The number of carbonyl (C=O) groups excluding carboxylic acids is 1. The Bertz CT molecular complexity index is 156. The molecule has 0 N–H and O–H groups in total. The molecule has 0 bridgehead atoms. The van der Waals surface area contributed by atoms with E-state index in [1.165, 1.54) is 0 Å². The molecule has 0 saturated carbocycles. The predicted octanol–water partition coefficient (Wildman–Crippen LogP) is 2.18. The van der Waals surface area contributed by atoms with Crippen LogP contribution in [-0.4, -0.2) is 5.78 Å². The van der Waals surface area contributed by atoms with Crippen LogP contribution in [0.5, 0.6) is 0 Å². The lowest BCUT2D eigenvalue weighted by Crippen LogP contribution is -2.12. The lowest BCUT2D eigenvalue weighted by Gasteiger charge is -2.18. The Labute approximate surface area is 62.1 Å². The third-order valence-corrected chi connectivity index (χ3v) is 2.11. The highest BCUT2D eigenvalue weighted by molar-refractivity contribution is 5.90. The van der Waals surface area contributed by atoms with Crippen LogP contribution in [0.25, 0.3) is 0 Å². The molecule has 0 aromatic rings. The van der Waals surface area contributed by atoms with E-state index in [1.807, 2.05) is 0 Å². The minimum atomic E-state index is 0.289. The first-order valence-electron chi connectivity index (χ1n) is 3.91. The van der Waals surface area contributed by atoms with E-state index in [1.54, 1.807) is 6.08 Å². The molecule has 0 saturated heterocycles. The van der Waals surface area contributed by atoms with Gasteiger partial charge in [-0.3, -0.25) is 4.79 Å². The lowest BCUT2D eigenvalue weighted by molar-refractivity contribution is -0.115. The summed E-state index contributed by atoms with van der Waals surface area (Å²) in [6.07, 6.45) is 5.58. The number of ketones is 1. The van der Waals surface area contributed by atoms with Gasteiger partial charge in [0.25, 0.3) is 0 Å². The van der Waals surface area contributed by atoms with Crippen molar-refractivity contribution in [2.75, 3.05) is 0 Å². The van der Waals surface area contributed by atoms with E-state index in [0.29, 0.717) is 11.8 Å². The zero-order chi connectivity index (χ0) is 7.56. The topological polar surface area (TPSA) is 17.1 Å². The second kappa shape index (κ2) is 3.00. The molecular weight excluding hydrogens is 124 g/mol. The fourth-order valence-electron chi connectivity index (χ4n) is 1.27. The highest BCUT2D eigenvalue weighted by Crippen LogP contribution is 2.22. The molecule has 0 aromatic carbocycles. The summed E-state index contributed by atoms with van der Waals surface area (Å²) in [5, 5.41) is 0. The predicted molar refractivity (Wildman–Crippen MR) is 41.7 cm³/mol. The summed E-state index contributed by atoms with van der Waals surface area (Å²) >= 11 is 0. The van der Waals surface area contributed by atoms with E-state index in [-0.39, 0.29) is 5.78 Å². The van der Waals surface area contributed by atoms with Crippen molar-refractivity contribution < 1.29 is 4.79 Å². The fourth-order valence-corrected chi connectivity index (χ4v) is 1.27. The summed E-state index contributed by atoms with van der Waals surface area (Å²) in [5.41, 5.74) is 0. The van der Waals surface area contributed by atoms with E-state index >= 15 is 0 Å². The Hall–Kier alpha value is -0.590. The van der Waals surface area contributed by atoms with Crippen molar-refractivity contribution in [2.45, 2.75) is 26.7 Å². The fraction of sp³-hybridized carbons (Fsp3) is 0.667. The molecule has 0 spiro atoms. The third kappa shape index (κ3) is 1.69. The van der Waals surface area contributed by atoms with Crippen LogP contribution >= 0.6 is 0 Å². The molecule has 0 heterocycles. The van der Waals surface area contributed by atoms with Crippen molar-refractivity contribution in [3.05, 3.63) is 12.2 Å². The number of rotatable bonds is 1. The molecule has 1 aliphatic carbocycles. The van der Waals surface area contributed by atoms with Gasteiger partial charge in [-0.05, 0) is 24.3 Å². The van der Waals surface area contributed by atoms with Gasteiger partial charge in [-0.2, -0.15) is 0 Å². The van der Waals surface area contributed by atoms with Gasteiger partial charge in [0.15, 0.2) is 5.78 Å². The average molecular weight is 138 g/mol. The Kier molecular flexibility index (Phi) is 2.25. The largest absolute Gasteiger partial charge is 0.295 e. The number of hydrogen-bond donors (Lipinski definition) is 0. The molecule has 1 heteroatoms. The van der Waals surface area contributed by atoms with Crippen molar-refractivity contribution in [1.82, 2.24) is 0 Å². The summed E-state index contributed by atoms with van der Waals surface area (Å²) in [6.45, 7) is 4.40. The Morgan fingerprint density at radius 1 is 1.60 bits per heavy atom. The number of hydrogen-bond acceptors (Lipinski definition) is 1. The summed E-state index contributed by atoms with van der Waals surface area (Å²) in [6, 6.07) is 0. The average Bonchev–Trinajstić information content (AvgIpc) is 1.88. The van der Waals surface area contributed by atoms with E-state index < -0.39 is 0 Å². The van der Waals surface area contributed by atoms with E-state index in [4.69, 9.17) is 0 Å². The van der Waals surface area contributed by atoms with Crippen molar-refractivity contribution in [2.24, 2.45) is 11.8 Å². The second-order valence-corrected chi connectivity index (χ2v) is 3.27. The zero-order valence-electron chi connectivity index (χ0n) is 6.63.